The normalized spacial score (nSPS) is 13.7. The predicted molar refractivity (Wildman–Crippen MR) is 45.7 cm³/mol. The molecule has 68 valence electrons. The summed E-state index contributed by atoms with van der Waals surface area (Å²) in [6.07, 6.45) is 0.820. The molecule has 0 aliphatic carbocycles. The summed E-state index contributed by atoms with van der Waals surface area (Å²) in [6.45, 7) is 4.15. The first kappa shape index (κ1) is 9.06. The second-order valence-electron chi connectivity index (χ2n) is 3.35. The van der Waals surface area contributed by atoms with Crippen LogP contribution in [0.25, 0.3) is 0 Å². The number of nitrogens with two attached hydrogens (primary N) is 1. The van der Waals surface area contributed by atoms with Crippen molar-refractivity contribution in [2.45, 2.75) is 26.3 Å². The van der Waals surface area contributed by atoms with Crippen molar-refractivity contribution in [3.8, 4) is 0 Å². The van der Waals surface area contributed by atoms with Gasteiger partial charge in [0, 0.05) is 6.07 Å². The number of hydrogen-bond donors (Lipinski definition) is 2. The van der Waals surface area contributed by atoms with E-state index in [-0.39, 0.29) is 11.6 Å². The van der Waals surface area contributed by atoms with Crippen LogP contribution in [0.3, 0.4) is 0 Å². The highest BCUT2D eigenvalue weighted by Crippen LogP contribution is 2.16. The van der Waals surface area contributed by atoms with Crippen LogP contribution in [-0.4, -0.2) is 5.16 Å². The van der Waals surface area contributed by atoms with E-state index in [1.54, 1.807) is 0 Å². The van der Waals surface area contributed by atoms with Crippen molar-refractivity contribution in [2.75, 3.05) is 0 Å². The molecule has 0 unspecified atom stereocenters. The fourth-order valence-corrected chi connectivity index (χ4v) is 1.10. The van der Waals surface area contributed by atoms with E-state index in [1.807, 2.05) is 0 Å². The van der Waals surface area contributed by atoms with Gasteiger partial charge in [-0.2, -0.15) is 5.16 Å². The SMILES string of the molecule is CC(C)C[C@@H](N)c1cc(=O)[nH]o1. The molecular formula is C8H14N2O2. The van der Waals surface area contributed by atoms with Gasteiger partial charge in [0.05, 0.1) is 6.04 Å². The number of aromatic nitrogens is 1. The Bertz CT molecular complexity index is 287. The molecule has 0 radical (unpaired) electrons. The molecule has 1 heterocycles. The third kappa shape index (κ3) is 2.23. The third-order valence-corrected chi connectivity index (χ3v) is 1.63. The fourth-order valence-electron chi connectivity index (χ4n) is 1.10. The van der Waals surface area contributed by atoms with Gasteiger partial charge in [0.15, 0.2) is 5.76 Å². The van der Waals surface area contributed by atoms with Gasteiger partial charge in [0.25, 0.3) is 5.56 Å². The highest BCUT2D eigenvalue weighted by molar-refractivity contribution is 4.99. The van der Waals surface area contributed by atoms with Crippen LogP contribution in [0, 0.1) is 5.92 Å². The second-order valence-corrected chi connectivity index (χ2v) is 3.35. The van der Waals surface area contributed by atoms with E-state index in [0.29, 0.717) is 11.7 Å². The van der Waals surface area contributed by atoms with Gasteiger partial charge in [-0.15, -0.1) is 0 Å². The second kappa shape index (κ2) is 3.58. The third-order valence-electron chi connectivity index (χ3n) is 1.63. The van der Waals surface area contributed by atoms with Gasteiger partial charge in [-0.05, 0) is 12.3 Å². The number of rotatable bonds is 3. The Balaban J connectivity index is 2.65. The quantitative estimate of drug-likeness (QED) is 0.711. The number of hydrogen-bond acceptors (Lipinski definition) is 3. The van der Waals surface area contributed by atoms with Gasteiger partial charge in [0.2, 0.25) is 0 Å². The largest absolute Gasteiger partial charge is 0.382 e. The van der Waals surface area contributed by atoms with Gasteiger partial charge < -0.3 is 10.3 Å². The molecule has 1 rings (SSSR count). The van der Waals surface area contributed by atoms with E-state index < -0.39 is 0 Å². The Morgan fingerprint density at radius 1 is 1.67 bits per heavy atom. The van der Waals surface area contributed by atoms with E-state index in [9.17, 15) is 4.79 Å². The lowest BCUT2D eigenvalue weighted by Crippen LogP contribution is -2.12. The minimum Gasteiger partial charge on any atom is -0.382 e. The van der Waals surface area contributed by atoms with Gasteiger partial charge >= 0.3 is 0 Å². The van der Waals surface area contributed by atoms with Crippen molar-refractivity contribution in [3.05, 3.63) is 22.2 Å². The summed E-state index contributed by atoms with van der Waals surface area (Å²) in [5.41, 5.74) is 5.52. The molecule has 0 aromatic carbocycles. The summed E-state index contributed by atoms with van der Waals surface area (Å²) in [5.74, 6) is 1.04. The molecule has 0 fully saturated rings. The average molecular weight is 170 g/mol. The van der Waals surface area contributed by atoms with E-state index in [1.165, 1.54) is 6.07 Å². The molecule has 4 nitrogen and oxygen atoms in total. The topological polar surface area (TPSA) is 72.0 Å². The molecule has 0 spiro atoms. The Morgan fingerprint density at radius 2 is 2.33 bits per heavy atom. The molecule has 0 amide bonds. The van der Waals surface area contributed by atoms with Gasteiger partial charge in [-0.1, -0.05) is 13.8 Å². The smallest absolute Gasteiger partial charge is 0.280 e. The van der Waals surface area contributed by atoms with Crippen molar-refractivity contribution < 1.29 is 4.52 Å². The predicted octanol–water partition coefficient (Wildman–Crippen LogP) is 1.01. The van der Waals surface area contributed by atoms with Gasteiger partial charge in [-0.25, -0.2) is 0 Å². The number of aromatic amines is 1. The first-order valence-corrected chi connectivity index (χ1v) is 4.03. The van der Waals surface area contributed by atoms with E-state index >= 15 is 0 Å². The van der Waals surface area contributed by atoms with Crippen LogP contribution in [0.4, 0.5) is 0 Å². The van der Waals surface area contributed by atoms with E-state index in [2.05, 4.69) is 19.0 Å². The molecule has 0 saturated carbocycles. The van der Waals surface area contributed by atoms with Crippen LogP contribution in [0.2, 0.25) is 0 Å². The Hall–Kier alpha value is -1.03. The maximum atomic E-state index is 10.7. The van der Waals surface area contributed by atoms with Crippen molar-refractivity contribution >= 4 is 0 Å². The molecule has 0 aliphatic rings. The first-order chi connectivity index (χ1) is 5.59. The fraction of sp³-hybridized carbons (Fsp3) is 0.625. The minimum atomic E-state index is -0.232. The van der Waals surface area contributed by atoms with Gasteiger partial charge in [0.1, 0.15) is 0 Å². The van der Waals surface area contributed by atoms with Crippen molar-refractivity contribution in [1.82, 2.24) is 5.16 Å². The summed E-state index contributed by atoms with van der Waals surface area (Å²) in [4.78, 5) is 10.7. The maximum Gasteiger partial charge on any atom is 0.280 e. The molecule has 1 aromatic rings. The lowest BCUT2D eigenvalue weighted by molar-refractivity contribution is 0.339. The van der Waals surface area contributed by atoms with E-state index in [4.69, 9.17) is 10.3 Å². The lowest BCUT2D eigenvalue weighted by atomic mass is 10.0. The molecule has 12 heavy (non-hydrogen) atoms. The van der Waals surface area contributed by atoms with Crippen LogP contribution in [0.1, 0.15) is 32.1 Å². The molecule has 0 bridgehead atoms. The summed E-state index contributed by atoms with van der Waals surface area (Å²) < 4.78 is 4.86. The molecule has 1 atom stereocenters. The molecule has 0 aliphatic heterocycles. The highest BCUT2D eigenvalue weighted by Gasteiger charge is 2.12. The zero-order chi connectivity index (χ0) is 9.14. The summed E-state index contributed by atoms with van der Waals surface area (Å²) in [5, 5.41) is 2.21. The lowest BCUT2D eigenvalue weighted by Gasteiger charge is -2.09. The van der Waals surface area contributed by atoms with Crippen LogP contribution in [-0.2, 0) is 0 Å². The molecule has 0 saturated heterocycles. The van der Waals surface area contributed by atoms with Crippen LogP contribution in [0.5, 0.6) is 0 Å². The Morgan fingerprint density at radius 3 is 2.75 bits per heavy atom. The average Bonchev–Trinajstić information content (AvgIpc) is 2.34. The minimum absolute atomic E-state index is 0.177. The van der Waals surface area contributed by atoms with Crippen LogP contribution in [0.15, 0.2) is 15.4 Å². The first-order valence-electron chi connectivity index (χ1n) is 4.03. The van der Waals surface area contributed by atoms with Gasteiger partial charge in [-0.3, -0.25) is 4.79 Å². The Kier molecular flexibility index (Phi) is 2.70. The van der Waals surface area contributed by atoms with Crippen molar-refractivity contribution in [1.29, 1.82) is 0 Å². The molecular weight excluding hydrogens is 156 g/mol. The highest BCUT2D eigenvalue weighted by atomic mass is 16.5. The summed E-state index contributed by atoms with van der Waals surface area (Å²) >= 11 is 0. The van der Waals surface area contributed by atoms with E-state index in [0.717, 1.165) is 6.42 Å². The number of H-pyrrole nitrogens is 1. The molecule has 4 heteroatoms. The monoisotopic (exact) mass is 170 g/mol. The zero-order valence-electron chi connectivity index (χ0n) is 7.33. The van der Waals surface area contributed by atoms with Crippen molar-refractivity contribution in [3.63, 3.8) is 0 Å². The zero-order valence-corrected chi connectivity index (χ0v) is 7.33. The summed E-state index contributed by atoms with van der Waals surface area (Å²) in [6, 6.07) is 1.22. The maximum absolute atomic E-state index is 10.7. The molecule has 1 aromatic heterocycles. The molecule has 3 N–H and O–H groups in total. The van der Waals surface area contributed by atoms with Crippen LogP contribution >= 0.6 is 0 Å². The van der Waals surface area contributed by atoms with Crippen LogP contribution < -0.4 is 11.3 Å². The number of nitrogens with one attached hydrogen (secondary N) is 1. The van der Waals surface area contributed by atoms with Crippen molar-refractivity contribution in [2.24, 2.45) is 11.7 Å². The standard InChI is InChI=1S/C8H14N2O2/c1-5(2)3-6(9)7-4-8(11)10-12-7/h4-6H,3,9H2,1-2H3,(H,10,11)/t6-/m1/s1. The Labute approximate surface area is 70.7 Å². The summed E-state index contributed by atoms with van der Waals surface area (Å²) in [7, 11) is 0.